The number of amides is 1. The molecule has 2 bridgehead atoms. The second kappa shape index (κ2) is 9.21. The number of hydrogen-bond acceptors (Lipinski definition) is 3. The molecule has 5 rings (SSSR count). The first kappa shape index (κ1) is 25.1. The molecule has 0 aliphatic heterocycles. The molecule has 1 aromatic carbocycles. The van der Waals surface area contributed by atoms with Gasteiger partial charge in [-0.25, -0.2) is 13.8 Å². The van der Waals surface area contributed by atoms with Gasteiger partial charge in [0, 0.05) is 49.3 Å². The summed E-state index contributed by atoms with van der Waals surface area (Å²) < 4.78 is 28.8. The van der Waals surface area contributed by atoms with Crippen molar-refractivity contribution in [3.05, 3.63) is 63.1 Å². The average Bonchev–Trinajstić information content (AvgIpc) is 2.81. The highest BCUT2D eigenvalue weighted by Gasteiger charge is 2.53. The Morgan fingerprint density at radius 2 is 1.77 bits per heavy atom. The van der Waals surface area contributed by atoms with E-state index in [4.69, 9.17) is 5.73 Å². The molecule has 188 valence electrons. The Balaban J connectivity index is 1.75. The Morgan fingerprint density at radius 3 is 2.31 bits per heavy atom. The van der Waals surface area contributed by atoms with Crippen LogP contribution in [0.5, 0.6) is 0 Å². The monoisotopic (exact) mass is 484 g/mol. The zero-order valence-corrected chi connectivity index (χ0v) is 20.9. The number of halogens is 2. The van der Waals surface area contributed by atoms with E-state index in [1.54, 1.807) is 38.9 Å². The number of alkyl halides is 2. The highest BCUT2D eigenvalue weighted by atomic mass is 19.3. The number of nitrogens with two attached hydrogens (primary N) is 1. The minimum atomic E-state index is -2.55. The number of pyridine rings is 1. The van der Waals surface area contributed by atoms with E-state index in [1.165, 1.54) is 12.1 Å². The van der Waals surface area contributed by atoms with Crippen LogP contribution in [-0.4, -0.2) is 35.3 Å². The molecule has 6 nitrogen and oxygen atoms in total. The fourth-order valence-electron chi connectivity index (χ4n) is 6.02. The summed E-state index contributed by atoms with van der Waals surface area (Å²) in [5, 5.41) is 0. The third-order valence-corrected chi connectivity index (χ3v) is 8.09. The Labute approximate surface area is 204 Å². The fourth-order valence-corrected chi connectivity index (χ4v) is 6.02. The Morgan fingerprint density at radius 1 is 1.14 bits per heavy atom. The van der Waals surface area contributed by atoms with Gasteiger partial charge >= 0.3 is 0 Å². The van der Waals surface area contributed by atoms with E-state index in [9.17, 15) is 18.4 Å². The van der Waals surface area contributed by atoms with Crippen LogP contribution >= 0.6 is 0 Å². The van der Waals surface area contributed by atoms with Crippen LogP contribution in [0, 0.1) is 12.3 Å². The van der Waals surface area contributed by atoms with Crippen LogP contribution in [0.15, 0.2) is 40.2 Å². The van der Waals surface area contributed by atoms with Crippen LogP contribution < -0.4 is 11.3 Å². The number of nitrogens with zero attached hydrogens (tertiary/aromatic N) is 3. The van der Waals surface area contributed by atoms with Crippen LogP contribution in [0.2, 0.25) is 0 Å². The van der Waals surface area contributed by atoms with Crippen molar-refractivity contribution in [2.45, 2.75) is 70.8 Å². The average molecular weight is 485 g/mol. The van der Waals surface area contributed by atoms with Gasteiger partial charge in [-0.1, -0.05) is 18.2 Å². The van der Waals surface area contributed by atoms with E-state index in [2.05, 4.69) is 4.99 Å². The molecule has 1 heterocycles. The Bertz CT molecular complexity index is 1200. The third-order valence-electron chi connectivity index (χ3n) is 8.09. The Hall–Kier alpha value is -3.03. The number of amidine groups is 1. The summed E-state index contributed by atoms with van der Waals surface area (Å²) in [5.41, 5.74) is 7.57. The summed E-state index contributed by atoms with van der Waals surface area (Å²) in [7, 11) is 3.60. The molecule has 1 aromatic heterocycles. The smallest absolute Gasteiger partial charge is 0.264 e. The standard InChI is InChI=1S/C27H34F2N4O2/c1-17-19(6-5-7-21(17)24(28)29)14-20-16-33(23(34)15-22(20)31-18(2)30)27-11-8-26(9-12-27,10-13-27)25(35)32(3)4/h5-7,15-16,24H,8-14H2,1-4H3,(H2,30,31). The van der Waals surface area contributed by atoms with E-state index in [1.807, 2.05) is 16.8 Å². The predicted octanol–water partition coefficient (Wildman–Crippen LogP) is 4.83. The summed E-state index contributed by atoms with van der Waals surface area (Å²) in [6, 6.07) is 6.42. The molecule has 3 aliphatic carbocycles. The van der Waals surface area contributed by atoms with Crippen molar-refractivity contribution in [2.75, 3.05) is 14.1 Å². The number of aromatic nitrogens is 1. The number of fused-ring (bicyclic) bond motifs is 3. The van der Waals surface area contributed by atoms with Crippen LogP contribution in [0.3, 0.4) is 0 Å². The van der Waals surface area contributed by atoms with Crippen molar-refractivity contribution in [2.24, 2.45) is 16.1 Å². The number of carbonyl (C=O) groups is 1. The highest BCUT2D eigenvalue weighted by molar-refractivity contribution is 5.83. The maximum Gasteiger partial charge on any atom is 0.264 e. The van der Waals surface area contributed by atoms with E-state index in [0.717, 1.165) is 49.7 Å². The summed E-state index contributed by atoms with van der Waals surface area (Å²) in [4.78, 5) is 32.3. The van der Waals surface area contributed by atoms with E-state index in [-0.39, 0.29) is 28.0 Å². The molecule has 35 heavy (non-hydrogen) atoms. The first-order valence-electron chi connectivity index (χ1n) is 12.1. The van der Waals surface area contributed by atoms with Gasteiger partial charge in [-0.2, -0.15) is 0 Å². The van der Waals surface area contributed by atoms with Crippen LogP contribution in [0.4, 0.5) is 14.5 Å². The molecule has 1 amide bonds. The fraction of sp³-hybridized carbons (Fsp3) is 0.519. The van der Waals surface area contributed by atoms with Crippen LogP contribution in [0.1, 0.15) is 74.1 Å². The van der Waals surface area contributed by atoms with Gasteiger partial charge < -0.3 is 15.2 Å². The molecule has 0 saturated heterocycles. The molecule has 3 aliphatic rings. The van der Waals surface area contributed by atoms with Gasteiger partial charge in [0.15, 0.2) is 0 Å². The van der Waals surface area contributed by atoms with Gasteiger partial charge in [0.1, 0.15) is 0 Å². The molecular weight excluding hydrogens is 450 g/mol. The number of rotatable bonds is 6. The van der Waals surface area contributed by atoms with Gasteiger partial charge in [-0.05, 0) is 69.1 Å². The van der Waals surface area contributed by atoms with Crippen molar-refractivity contribution in [3.8, 4) is 0 Å². The first-order chi connectivity index (χ1) is 16.5. The number of hydrogen-bond donors (Lipinski definition) is 1. The third kappa shape index (κ3) is 4.50. The van der Waals surface area contributed by atoms with E-state index >= 15 is 0 Å². The van der Waals surface area contributed by atoms with Crippen molar-refractivity contribution in [1.82, 2.24) is 9.47 Å². The second-order valence-electron chi connectivity index (χ2n) is 10.5. The van der Waals surface area contributed by atoms with Crippen molar-refractivity contribution >= 4 is 17.4 Å². The van der Waals surface area contributed by atoms with E-state index < -0.39 is 6.43 Å². The van der Waals surface area contributed by atoms with Crippen molar-refractivity contribution in [3.63, 3.8) is 0 Å². The zero-order valence-electron chi connectivity index (χ0n) is 20.9. The quantitative estimate of drug-likeness (QED) is 0.471. The van der Waals surface area contributed by atoms with E-state index in [0.29, 0.717) is 23.5 Å². The molecule has 3 saturated carbocycles. The maximum absolute atomic E-state index is 13.5. The van der Waals surface area contributed by atoms with Crippen LogP contribution in [-0.2, 0) is 16.8 Å². The minimum absolute atomic E-state index is 0.0101. The lowest BCUT2D eigenvalue weighted by molar-refractivity contribution is -0.148. The molecule has 0 radical (unpaired) electrons. The van der Waals surface area contributed by atoms with Gasteiger partial charge in [0.05, 0.1) is 11.5 Å². The largest absolute Gasteiger partial charge is 0.387 e. The van der Waals surface area contributed by atoms with Gasteiger partial charge in [-0.3, -0.25) is 9.59 Å². The predicted molar refractivity (Wildman–Crippen MR) is 133 cm³/mol. The summed E-state index contributed by atoms with van der Waals surface area (Å²) in [5.74, 6) is 0.498. The number of benzene rings is 1. The summed E-state index contributed by atoms with van der Waals surface area (Å²) >= 11 is 0. The lowest BCUT2D eigenvalue weighted by atomic mass is 9.56. The molecule has 0 atom stereocenters. The summed E-state index contributed by atoms with van der Waals surface area (Å²) in [6.07, 6.45) is 4.18. The molecule has 8 heteroatoms. The van der Waals surface area contributed by atoms with Gasteiger partial charge in [0.2, 0.25) is 5.91 Å². The lowest BCUT2D eigenvalue weighted by Gasteiger charge is -2.53. The van der Waals surface area contributed by atoms with Gasteiger partial charge in [-0.15, -0.1) is 0 Å². The number of carbonyl (C=O) groups excluding carboxylic acids is 1. The molecule has 0 unspecified atom stereocenters. The number of aliphatic imine (C=N–C) groups is 1. The normalized spacial score (nSPS) is 24.1. The van der Waals surface area contributed by atoms with Crippen molar-refractivity contribution in [1.29, 1.82) is 0 Å². The molecule has 3 fully saturated rings. The zero-order chi connectivity index (χ0) is 25.5. The molecule has 2 aromatic rings. The SMILES string of the molecule is C/C(N)=N/c1cc(=O)n(C23CCC(C(=O)N(C)C)(CC2)CC3)cc1Cc1cccc(C(F)F)c1C. The highest BCUT2D eigenvalue weighted by Crippen LogP contribution is 2.56. The lowest BCUT2D eigenvalue weighted by Crippen LogP contribution is -2.55. The van der Waals surface area contributed by atoms with Crippen LogP contribution in [0.25, 0.3) is 0 Å². The molecular formula is C27H34F2N4O2. The molecule has 0 spiro atoms. The first-order valence-corrected chi connectivity index (χ1v) is 12.1. The van der Waals surface area contributed by atoms with Crippen molar-refractivity contribution < 1.29 is 13.6 Å². The maximum atomic E-state index is 13.5. The second-order valence-corrected chi connectivity index (χ2v) is 10.5. The topological polar surface area (TPSA) is 80.7 Å². The summed E-state index contributed by atoms with van der Waals surface area (Å²) in [6.45, 7) is 3.35. The van der Waals surface area contributed by atoms with Gasteiger partial charge in [0.25, 0.3) is 12.0 Å². The molecule has 2 N–H and O–H groups in total. The minimum Gasteiger partial charge on any atom is -0.387 e. The Kier molecular flexibility index (Phi) is 6.60.